The number of benzene rings is 2. The van der Waals surface area contributed by atoms with Crippen molar-refractivity contribution in [2.45, 2.75) is 11.8 Å². The van der Waals surface area contributed by atoms with Crippen LogP contribution in [0.25, 0.3) is 0 Å². The van der Waals surface area contributed by atoms with Gasteiger partial charge in [0, 0.05) is 31.5 Å². The first-order chi connectivity index (χ1) is 13.2. The first-order valence-corrected chi connectivity index (χ1v) is 9.92. The zero-order valence-electron chi connectivity index (χ0n) is 16.6. The molecule has 0 radical (unpaired) electrons. The Morgan fingerprint density at radius 1 is 1.07 bits per heavy atom. The first-order valence-electron chi connectivity index (χ1n) is 8.48. The number of hydrogen-bond acceptors (Lipinski definition) is 6. The van der Waals surface area contributed by atoms with E-state index in [0.717, 1.165) is 15.6 Å². The third-order valence-electron chi connectivity index (χ3n) is 4.07. The van der Waals surface area contributed by atoms with E-state index in [2.05, 4.69) is 10.6 Å². The molecule has 0 heterocycles. The van der Waals surface area contributed by atoms with Crippen LogP contribution in [0, 0.1) is 6.92 Å². The Labute approximate surface area is 165 Å². The topological polar surface area (TPSA) is 97.0 Å². The summed E-state index contributed by atoms with van der Waals surface area (Å²) in [6.45, 7) is 1.89. The van der Waals surface area contributed by atoms with Gasteiger partial charge in [-0.3, -0.25) is 4.79 Å². The van der Waals surface area contributed by atoms with Crippen LogP contribution in [0.2, 0.25) is 0 Å². The summed E-state index contributed by atoms with van der Waals surface area (Å²) in [7, 11) is 2.44. The number of amides is 1. The summed E-state index contributed by atoms with van der Waals surface area (Å²) in [5, 5.41) is 5.74. The smallest absolute Gasteiger partial charge is 0.243 e. The molecular formula is C19H25N3O5S. The number of carbonyl (C=O) groups is 1. The Balaban J connectivity index is 2.08. The fourth-order valence-corrected chi connectivity index (χ4v) is 3.44. The van der Waals surface area contributed by atoms with Gasteiger partial charge in [-0.25, -0.2) is 12.7 Å². The molecule has 0 aliphatic heterocycles. The zero-order chi connectivity index (χ0) is 20.9. The predicted molar refractivity (Wildman–Crippen MR) is 109 cm³/mol. The van der Waals surface area contributed by atoms with Crippen molar-refractivity contribution in [2.24, 2.45) is 0 Å². The molecular weight excluding hydrogens is 382 g/mol. The van der Waals surface area contributed by atoms with Gasteiger partial charge in [0.1, 0.15) is 0 Å². The lowest BCUT2D eigenvalue weighted by Gasteiger charge is -2.15. The second-order valence-electron chi connectivity index (χ2n) is 6.24. The van der Waals surface area contributed by atoms with E-state index in [1.807, 2.05) is 13.0 Å². The van der Waals surface area contributed by atoms with Crippen molar-refractivity contribution in [2.75, 3.05) is 45.5 Å². The van der Waals surface area contributed by atoms with E-state index >= 15 is 0 Å². The molecule has 8 nitrogen and oxygen atoms in total. The second kappa shape index (κ2) is 8.94. The van der Waals surface area contributed by atoms with E-state index in [1.165, 1.54) is 26.2 Å². The minimum Gasteiger partial charge on any atom is -0.493 e. The number of nitrogens with zero attached hydrogens (tertiary/aromatic N) is 1. The lowest BCUT2D eigenvalue weighted by molar-refractivity contribution is -0.114. The van der Waals surface area contributed by atoms with Crippen LogP contribution in [0.4, 0.5) is 11.4 Å². The van der Waals surface area contributed by atoms with Gasteiger partial charge >= 0.3 is 0 Å². The Hall–Kier alpha value is -2.78. The molecule has 28 heavy (non-hydrogen) atoms. The predicted octanol–water partition coefficient (Wildman–Crippen LogP) is 2.31. The van der Waals surface area contributed by atoms with E-state index in [-0.39, 0.29) is 17.3 Å². The van der Waals surface area contributed by atoms with E-state index in [0.29, 0.717) is 17.2 Å². The Morgan fingerprint density at radius 3 is 2.32 bits per heavy atom. The number of carbonyl (C=O) groups excluding carboxylic acids is 1. The van der Waals surface area contributed by atoms with Crippen molar-refractivity contribution in [3.05, 3.63) is 42.0 Å². The number of rotatable bonds is 8. The van der Waals surface area contributed by atoms with Crippen LogP contribution in [0.5, 0.6) is 11.5 Å². The third kappa shape index (κ3) is 4.93. The molecule has 0 fully saturated rings. The molecule has 1 amide bonds. The van der Waals surface area contributed by atoms with Gasteiger partial charge in [-0.2, -0.15) is 0 Å². The number of sulfonamides is 1. The van der Waals surface area contributed by atoms with Gasteiger partial charge in [-0.05, 0) is 36.8 Å². The quantitative estimate of drug-likeness (QED) is 0.697. The van der Waals surface area contributed by atoms with Gasteiger partial charge in [0.2, 0.25) is 15.9 Å². The monoisotopic (exact) mass is 407 g/mol. The first kappa shape index (κ1) is 21.5. The van der Waals surface area contributed by atoms with Crippen molar-refractivity contribution in [1.29, 1.82) is 0 Å². The molecule has 0 atom stereocenters. The van der Waals surface area contributed by atoms with Crippen LogP contribution >= 0.6 is 0 Å². The van der Waals surface area contributed by atoms with Crippen LogP contribution in [0.3, 0.4) is 0 Å². The molecule has 152 valence electrons. The fourth-order valence-electron chi connectivity index (χ4n) is 2.50. The van der Waals surface area contributed by atoms with Gasteiger partial charge in [0.25, 0.3) is 0 Å². The van der Waals surface area contributed by atoms with Crippen molar-refractivity contribution in [3.63, 3.8) is 0 Å². The minimum atomic E-state index is -3.57. The van der Waals surface area contributed by atoms with E-state index in [9.17, 15) is 13.2 Å². The number of hydrogen-bond donors (Lipinski definition) is 2. The lowest BCUT2D eigenvalue weighted by atomic mass is 10.1. The molecule has 2 N–H and O–H groups in total. The van der Waals surface area contributed by atoms with Crippen LogP contribution in [0.1, 0.15) is 5.56 Å². The molecule has 2 aromatic carbocycles. The van der Waals surface area contributed by atoms with Crippen molar-refractivity contribution in [1.82, 2.24) is 4.31 Å². The van der Waals surface area contributed by atoms with Crippen LogP contribution in [-0.2, 0) is 14.8 Å². The maximum atomic E-state index is 12.3. The van der Waals surface area contributed by atoms with Gasteiger partial charge < -0.3 is 20.1 Å². The molecule has 2 rings (SSSR count). The maximum Gasteiger partial charge on any atom is 0.243 e. The summed E-state index contributed by atoms with van der Waals surface area (Å²) in [5.41, 5.74) is 2.03. The highest BCUT2D eigenvalue weighted by molar-refractivity contribution is 7.89. The van der Waals surface area contributed by atoms with E-state index in [4.69, 9.17) is 9.47 Å². The molecule has 0 aliphatic rings. The minimum absolute atomic E-state index is 0.000973. The Morgan fingerprint density at radius 2 is 1.71 bits per heavy atom. The highest BCUT2D eigenvalue weighted by atomic mass is 32.2. The molecule has 0 saturated carbocycles. The largest absolute Gasteiger partial charge is 0.493 e. The normalized spacial score (nSPS) is 11.2. The number of nitrogens with one attached hydrogen (secondary N) is 2. The highest BCUT2D eigenvalue weighted by Crippen LogP contribution is 2.32. The summed E-state index contributed by atoms with van der Waals surface area (Å²) >= 11 is 0. The van der Waals surface area contributed by atoms with Crippen LogP contribution in [0.15, 0.2) is 41.3 Å². The molecule has 2 aromatic rings. The highest BCUT2D eigenvalue weighted by Gasteiger charge is 2.17. The standard InChI is InChI=1S/C19H25N3O5S/c1-13-9-17(26-4)18(27-5)11-16(13)20-12-19(23)21-14-7-6-8-15(10-14)28(24,25)22(2)3/h6-11,20H,12H2,1-5H3,(H,21,23). The number of methoxy groups -OCH3 is 2. The van der Waals surface area contributed by atoms with E-state index in [1.54, 1.807) is 32.4 Å². The van der Waals surface area contributed by atoms with Gasteiger partial charge in [0.15, 0.2) is 11.5 Å². The number of ether oxygens (including phenoxy) is 2. The Bertz CT molecular complexity index is 958. The van der Waals surface area contributed by atoms with Crippen LogP contribution < -0.4 is 20.1 Å². The van der Waals surface area contributed by atoms with E-state index < -0.39 is 10.0 Å². The molecule has 0 saturated heterocycles. The molecule has 9 heteroatoms. The summed E-state index contributed by atoms with van der Waals surface area (Å²) in [4.78, 5) is 12.4. The summed E-state index contributed by atoms with van der Waals surface area (Å²) in [6, 6.07) is 9.69. The summed E-state index contributed by atoms with van der Waals surface area (Å²) in [6.07, 6.45) is 0. The van der Waals surface area contributed by atoms with Crippen molar-refractivity contribution >= 4 is 27.3 Å². The van der Waals surface area contributed by atoms with Gasteiger partial charge in [-0.15, -0.1) is 0 Å². The maximum absolute atomic E-state index is 12.3. The zero-order valence-corrected chi connectivity index (χ0v) is 17.4. The number of aryl methyl sites for hydroxylation is 1. The molecule has 0 bridgehead atoms. The van der Waals surface area contributed by atoms with Crippen molar-refractivity contribution < 1.29 is 22.7 Å². The SMILES string of the molecule is COc1cc(C)c(NCC(=O)Nc2cccc(S(=O)(=O)N(C)C)c2)cc1OC. The van der Waals surface area contributed by atoms with Crippen LogP contribution in [-0.4, -0.2) is 53.5 Å². The third-order valence-corrected chi connectivity index (χ3v) is 5.88. The second-order valence-corrected chi connectivity index (χ2v) is 8.39. The van der Waals surface area contributed by atoms with Gasteiger partial charge in [0.05, 0.1) is 25.7 Å². The number of anilines is 2. The van der Waals surface area contributed by atoms with Crippen molar-refractivity contribution in [3.8, 4) is 11.5 Å². The molecule has 0 aromatic heterocycles. The fraction of sp³-hybridized carbons (Fsp3) is 0.316. The average Bonchev–Trinajstić information content (AvgIpc) is 2.66. The average molecular weight is 407 g/mol. The molecule has 0 spiro atoms. The van der Waals surface area contributed by atoms with Gasteiger partial charge in [-0.1, -0.05) is 6.07 Å². The molecule has 0 aliphatic carbocycles. The summed E-state index contributed by atoms with van der Waals surface area (Å²) < 4.78 is 36.1. The lowest BCUT2D eigenvalue weighted by Crippen LogP contribution is -2.24. The Kier molecular flexibility index (Phi) is 6.87. The summed E-state index contributed by atoms with van der Waals surface area (Å²) in [5.74, 6) is 0.847. The molecule has 0 unspecified atom stereocenters.